The minimum Gasteiger partial charge on any atom is -0.428 e. The molecule has 1 atom stereocenters. The molecule has 0 amide bonds. The summed E-state index contributed by atoms with van der Waals surface area (Å²) in [5.41, 5.74) is 0.765. The van der Waals surface area contributed by atoms with E-state index in [1.54, 1.807) is 38.3 Å². The summed E-state index contributed by atoms with van der Waals surface area (Å²) in [5.74, 6) is 0.0806. The van der Waals surface area contributed by atoms with Crippen molar-refractivity contribution >= 4 is 23.3 Å². The van der Waals surface area contributed by atoms with Crippen LogP contribution in [0.25, 0.3) is 5.70 Å². The molecule has 0 radical (unpaired) electrons. The zero-order valence-electron chi connectivity index (χ0n) is 18.4. The van der Waals surface area contributed by atoms with Crippen LogP contribution in [-0.2, 0) is 0 Å². The van der Waals surface area contributed by atoms with E-state index in [9.17, 15) is 13.9 Å². The maximum atomic E-state index is 14.4. The van der Waals surface area contributed by atoms with Crippen molar-refractivity contribution < 1.29 is 18.6 Å². The molecule has 0 aliphatic heterocycles. The zero-order valence-corrected chi connectivity index (χ0v) is 18.4. The molecule has 160 valence electrons. The smallest absolute Gasteiger partial charge is 0.426 e. The van der Waals surface area contributed by atoms with Crippen LogP contribution in [0.2, 0.25) is 0 Å². The Balaban J connectivity index is 3.72. The van der Waals surface area contributed by atoms with Crippen molar-refractivity contribution in [2.24, 2.45) is 15.9 Å². The summed E-state index contributed by atoms with van der Waals surface area (Å²) >= 11 is 0. The van der Waals surface area contributed by atoms with Crippen LogP contribution in [0.1, 0.15) is 59.1 Å². The third kappa shape index (κ3) is 6.07. The van der Waals surface area contributed by atoms with Crippen molar-refractivity contribution in [1.29, 1.82) is 0 Å². The van der Waals surface area contributed by atoms with Gasteiger partial charge in [-0.2, -0.15) is 8.78 Å². The number of aliphatic imine (C=N–C) groups is 2. The molecule has 1 rings (SSSR count). The van der Waals surface area contributed by atoms with E-state index in [4.69, 9.17) is 4.74 Å². The number of allylic oxidation sites excluding steroid dienone is 2. The van der Waals surface area contributed by atoms with Gasteiger partial charge in [0.05, 0.1) is 5.70 Å². The van der Waals surface area contributed by atoms with Gasteiger partial charge in [-0.1, -0.05) is 26.5 Å². The van der Waals surface area contributed by atoms with Crippen molar-refractivity contribution in [2.75, 3.05) is 0 Å². The van der Waals surface area contributed by atoms with Gasteiger partial charge < -0.3 is 9.84 Å². The number of nitrogens with zero attached hydrogens (tertiary/aromatic N) is 2. The number of halogens is 2. The van der Waals surface area contributed by atoms with Gasteiger partial charge in [0.15, 0.2) is 11.4 Å². The van der Waals surface area contributed by atoms with E-state index >= 15 is 0 Å². The maximum absolute atomic E-state index is 14.4. The maximum Gasteiger partial charge on any atom is 0.426 e. The molecule has 29 heavy (non-hydrogen) atoms. The Morgan fingerprint density at radius 2 is 1.97 bits per heavy atom. The number of hydrogen-bond acceptors (Lipinski definition) is 4. The first-order chi connectivity index (χ1) is 13.4. The number of alkyl halides is 2. The summed E-state index contributed by atoms with van der Waals surface area (Å²) in [6.07, 6.45) is 2.07. The van der Waals surface area contributed by atoms with Crippen LogP contribution in [0.15, 0.2) is 40.8 Å². The van der Waals surface area contributed by atoms with Gasteiger partial charge >= 0.3 is 6.11 Å². The van der Waals surface area contributed by atoms with Gasteiger partial charge in [-0.25, -0.2) is 0 Å². The molecule has 1 aromatic carbocycles. The van der Waals surface area contributed by atoms with Crippen LogP contribution in [0.5, 0.6) is 5.75 Å². The van der Waals surface area contributed by atoms with Gasteiger partial charge in [-0.3, -0.25) is 9.98 Å². The average Bonchev–Trinajstić information content (AvgIpc) is 2.62. The lowest BCUT2D eigenvalue weighted by molar-refractivity contribution is -0.276. The van der Waals surface area contributed by atoms with Crippen molar-refractivity contribution in [3.8, 4) is 5.75 Å². The van der Waals surface area contributed by atoms with E-state index < -0.39 is 11.7 Å². The van der Waals surface area contributed by atoms with E-state index in [0.717, 1.165) is 31.5 Å². The second-order valence-electron chi connectivity index (χ2n) is 7.50. The molecule has 0 heterocycles. The highest BCUT2D eigenvalue weighted by Gasteiger charge is 2.49. The molecule has 1 unspecified atom stereocenters. The van der Waals surface area contributed by atoms with Crippen LogP contribution in [0.4, 0.5) is 14.5 Å². The molecule has 0 aliphatic rings. The molecule has 0 bridgehead atoms. The topological polar surface area (TPSA) is 54.2 Å². The summed E-state index contributed by atoms with van der Waals surface area (Å²) in [6.45, 7) is 15.2. The predicted octanol–water partition coefficient (Wildman–Crippen LogP) is 6.49. The Labute approximate surface area is 172 Å². The monoisotopic (exact) mass is 406 g/mol. The Kier molecular flexibility index (Phi) is 8.45. The third-order valence-electron chi connectivity index (χ3n) is 4.78. The Hall–Kier alpha value is -2.34. The lowest BCUT2D eigenvalue weighted by Crippen LogP contribution is -2.47. The molecule has 0 saturated carbocycles. The van der Waals surface area contributed by atoms with Crippen LogP contribution in [0.3, 0.4) is 0 Å². The first-order valence-electron chi connectivity index (χ1n) is 9.69. The Morgan fingerprint density at radius 1 is 1.34 bits per heavy atom. The summed E-state index contributed by atoms with van der Waals surface area (Å²) in [6, 6.07) is 3.10. The van der Waals surface area contributed by atoms with E-state index in [1.807, 2.05) is 20.8 Å². The number of aliphatic hydroxyl groups is 1. The summed E-state index contributed by atoms with van der Waals surface area (Å²) in [4.78, 5) is 8.98. The van der Waals surface area contributed by atoms with Crippen LogP contribution in [-0.4, -0.2) is 28.7 Å². The van der Waals surface area contributed by atoms with E-state index in [0.29, 0.717) is 16.9 Å². The van der Waals surface area contributed by atoms with Crippen LogP contribution >= 0.6 is 0 Å². The molecule has 0 fully saturated rings. The zero-order chi connectivity index (χ0) is 22.4. The van der Waals surface area contributed by atoms with Gasteiger partial charge in [-0.15, -0.1) is 0 Å². The van der Waals surface area contributed by atoms with Crippen molar-refractivity contribution in [2.45, 2.75) is 66.6 Å². The molecule has 0 aliphatic carbocycles. The van der Waals surface area contributed by atoms with Crippen molar-refractivity contribution in [3.63, 3.8) is 0 Å². The lowest BCUT2D eigenvalue weighted by atomic mass is 10.0. The lowest BCUT2D eigenvalue weighted by Gasteiger charge is -2.29. The summed E-state index contributed by atoms with van der Waals surface area (Å²) < 4.78 is 33.8. The summed E-state index contributed by atoms with van der Waals surface area (Å²) in [7, 11) is 0. The number of ether oxygens (including phenoxy) is 1. The quantitative estimate of drug-likeness (QED) is 0.376. The predicted molar refractivity (Wildman–Crippen MR) is 118 cm³/mol. The Bertz CT molecular complexity index is 819. The van der Waals surface area contributed by atoms with Gasteiger partial charge in [0.1, 0.15) is 5.69 Å². The standard InChI is InChI=1S/C23H32F2N2O2/c1-9-12-19(26-11-3)18-13-14-20(29-23(24,25)22(7,8)28)21(16(18)5)27-17(6)15(4)10-2/h9,11-15,28H,1,10H2,2-8H3/b19-12-,26-11-,27-17-. The SMILES string of the molecule is C=C/C=C(\N=C/C)c1ccc(OC(F)(F)C(C)(C)O)c(/N=C(/C)C(C)CC)c1C. The second-order valence-corrected chi connectivity index (χ2v) is 7.50. The fourth-order valence-electron chi connectivity index (χ4n) is 2.47. The highest BCUT2D eigenvalue weighted by atomic mass is 19.3. The average molecular weight is 407 g/mol. The summed E-state index contributed by atoms with van der Waals surface area (Å²) in [5, 5.41) is 9.81. The van der Waals surface area contributed by atoms with Gasteiger partial charge in [-0.05, 0) is 70.7 Å². The number of rotatable bonds is 9. The van der Waals surface area contributed by atoms with Crippen molar-refractivity contribution in [3.05, 3.63) is 42.0 Å². The second kappa shape index (κ2) is 9.92. The van der Waals surface area contributed by atoms with E-state index in [2.05, 4.69) is 16.6 Å². The van der Waals surface area contributed by atoms with E-state index in [-0.39, 0.29) is 11.7 Å². The third-order valence-corrected chi connectivity index (χ3v) is 4.78. The molecular formula is C23H32F2N2O2. The van der Waals surface area contributed by atoms with Crippen molar-refractivity contribution in [1.82, 2.24) is 0 Å². The molecule has 0 spiro atoms. The van der Waals surface area contributed by atoms with Gasteiger partial charge in [0.25, 0.3) is 0 Å². The molecule has 0 aromatic heterocycles. The van der Waals surface area contributed by atoms with E-state index in [1.165, 1.54) is 6.07 Å². The largest absolute Gasteiger partial charge is 0.428 e. The fraction of sp³-hybridized carbons (Fsp3) is 0.478. The van der Waals surface area contributed by atoms with Gasteiger partial charge in [0.2, 0.25) is 0 Å². The molecule has 6 heteroatoms. The Morgan fingerprint density at radius 3 is 2.45 bits per heavy atom. The highest BCUT2D eigenvalue weighted by molar-refractivity contribution is 5.89. The minimum absolute atomic E-state index is 0.0977. The normalized spacial score (nSPS) is 15.0. The van der Waals surface area contributed by atoms with Crippen LogP contribution in [0, 0.1) is 12.8 Å². The first kappa shape index (κ1) is 24.7. The number of benzene rings is 1. The first-order valence-corrected chi connectivity index (χ1v) is 9.69. The highest BCUT2D eigenvalue weighted by Crippen LogP contribution is 2.41. The molecule has 4 nitrogen and oxygen atoms in total. The van der Waals surface area contributed by atoms with Gasteiger partial charge in [0, 0.05) is 17.5 Å². The molecule has 1 aromatic rings. The molecular weight excluding hydrogens is 374 g/mol. The molecule has 0 saturated heterocycles. The van der Waals surface area contributed by atoms with Crippen LogP contribution < -0.4 is 4.74 Å². The number of hydrogen-bond donors (Lipinski definition) is 1. The minimum atomic E-state index is -3.79. The molecule has 1 N–H and O–H groups in total. The fourth-order valence-corrected chi connectivity index (χ4v) is 2.47.